The number of ketones is 2. The number of carbonyl (C=O) groups excluding carboxylic acids is 2. The van der Waals surface area contributed by atoms with Gasteiger partial charge in [-0.15, -0.1) is 0 Å². The number of carbonyl (C=O) groups is 2. The van der Waals surface area contributed by atoms with Crippen LogP contribution in [0, 0.1) is 18.8 Å². The van der Waals surface area contributed by atoms with E-state index in [9.17, 15) is 18.0 Å². The van der Waals surface area contributed by atoms with Gasteiger partial charge in [-0.05, 0) is 55.3 Å². The van der Waals surface area contributed by atoms with E-state index < -0.39 is 21.9 Å². The van der Waals surface area contributed by atoms with Crippen LogP contribution in [-0.2, 0) is 14.8 Å². The Morgan fingerprint density at radius 3 is 2.15 bits per heavy atom. The van der Waals surface area contributed by atoms with Gasteiger partial charge in [0, 0.05) is 23.5 Å². The Hall–Kier alpha value is -3.71. The van der Waals surface area contributed by atoms with Gasteiger partial charge in [-0.3, -0.25) is 14.3 Å². The van der Waals surface area contributed by atoms with Crippen molar-refractivity contribution in [3.05, 3.63) is 102 Å². The molecule has 1 aliphatic rings. The largest absolute Gasteiger partial charge is 0.497 e. The maximum atomic E-state index is 13.0. The van der Waals surface area contributed by atoms with Crippen LogP contribution in [0.5, 0.6) is 5.75 Å². The van der Waals surface area contributed by atoms with E-state index in [0.29, 0.717) is 23.3 Å². The highest BCUT2D eigenvalue weighted by Crippen LogP contribution is 2.42. The second-order valence-electron chi connectivity index (χ2n) is 8.29. The predicted molar refractivity (Wildman–Crippen MR) is 130 cm³/mol. The van der Waals surface area contributed by atoms with Crippen LogP contribution >= 0.6 is 0 Å². The average molecular weight is 476 g/mol. The zero-order valence-electron chi connectivity index (χ0n) is 18.9. The standard InChI is InChI=1S/C27H25NO5S/c1-18-8-14-22(15-9-18)34(31,32)28-25(19-6-4-3-5-7-19)17-26(29)23-16-24(23)27(30)20-10-12-21(33-2)13-11-20/h3-15,17,23-24,28H,16H2,1-2H3/b25-17-/t23-,24-/m1/s1. The van der Waals surface area contributed by atoms with Gasteiger partial charge < -0.3 is 4.74 Å². The summed E-state index contributed by atoms with van der Waals surface area (Å²) in [4.78, 5) is 25.9. The van der Waals surface area contributed by atoms with Crippen molar-refractivity contribution < 1.29 is 22.7 Å². The number of methoxy groups -OCH3 is 1. The Labute approximate surface area is 199 Å². The fourth-order valence-corrected chi connectivity index (χ4v) is 4.81. The molecular formula is C27H25NO5S. The number of benzene rings is 3. The van der Waals surface area contributed by atoms with Crippen molar-refractivity contribution in [3.63, 3.8) is 0 Å². The minimum absolute atomic E-state index is 0.101. The molecular weight excluding hydrogens is 450 g/mol. The summed E-state index contributed by atoms with van der Waals surface area (Å²) in [5.74, 6) is -0.621. The zero-order valence-corrected chi connectivity index (χ0v) is 19.7. The van der Waals surface area contributed by atoms with E-state index in [4.69, 9.17) is 4.74 Å². The van der Waals surface area contributed by atoms with E-state index in [1.54, 1.807) is 67.8 Å². The average Bonchev–Trinajstić information content (AvgIpc) is 3.65. The van der Waals surface area contributed by atoms with Gasteiger partial charge in [0.1, 0.15) is 5.75 Å². The van der Waals surface area contributed by atoms with Gasteiger partial charge in [0.2, 0.25) is 0 Å². The number of allylic oxidation sites excluding steroid dienone is 1. The minimum Gasteiger partial charge on any atom is -0.497 e. The van der Waals surface area contributed by atoms with Crippen molar-refractivity contribution in [3.8, 4) is 5.75 Å². The summed E-state index contributed by atoms with van der Waals surface area (Å²) in [7, 11) is -2.35. The van der Waals surface area contributed by atoms with Crippen molar-refractivity contribution in [1.82, 2.24) is 4.72 Å². The summed E-state index contributed by atoms with van der Waals surface area (Å²) in [6, 6.07) is 22.0. The molecule has 0 unspecified atom stereocenters. The van der Waals surface area contributed by atoms with Crippen LogP contribution in [0.4, 0.5) is 0 Å². The summed E-state index contributed by atoms with van der Waals surface area (Å²) in [5, 5.41) is 0. The molecule has 4 rings (SSSR count). The first-order valence-electron chi connectivity index (χ1n) is 10.9. The van der Waals surface area contributed by atoms with Crippen LogP contribution < -0.4 is 9.46 Å². The van der Waals surface area contributed by atoms with Gasteiger partial charge in [-0.25, -0.2) is 8.42 Å². The first-order chi connectivity index (χ1) is 16.3. The first kappa shape index (κ1) is 23.4. The SMILES string of the molecule is COc1ccc(C(=O)[C@@H]2C[C@H]2C(=O)/C=C(\NS(=O)(=O)c2ccc(C)cc2)c2ccccc2)cc1. The molecule has 0 amide bonds. The van der Waals surface area contributed by atoms with Crippen LogP contribution in [0.25, 0.3) is 5.70 Å². The maximum absolute atomic E-state index is 13.0. The van der Waals surface area contributed by atoms with Crippen LogP contribution in [0.1, 0.15) is 27.9 Å². The molecule has 174 valence electrons. The molecule has 3 aromatic carbocycles. The van der Waals surface area contributed by atoms with Gasteiger partial charge in [-0.2, -0.15) is 0 Å². The molecule has 7 heteroatoms. The fourth-order valence-electron chi connectivity index (χ4n) is 3.73. The zero-order chi connectivity index (χ0) is 24.3. The van der Waals surface area contributed by atoms with E-state index in [1.807, 2.05) is 13.0 Å². The molecule has 1 N–H and O–H groups in total. The maximum Gasteiger partial charge on any atom is 0.261 e. The third kappa shape index (κ3) is 5.26. The van der Waals surface area contributed by atoms with Crippen molar-refractivity contribution in [2.75, 3.05) is 7.11 Å². The highest BCUT2D eigenvalue weighted by atomic mass is 32.2. The Bertz CT molecular complexity index is 1330. The van der Waals surface area contributed by atoms with Crippen LogP contribution in [0.3, 0.4) is 0 Å². The summed E-state index contributed by atoms with van der Waals surface area (Å²) in [6.45, 7) is 1.87. The number of aryl methyl sites for hydroxylation is 1. The van der Waals surface area contributed by atoms with Gasteiger partial charge in [0.05, 0.1) is 17.7 Å². The van der Waals surface area contributed by atoms with E-state index >= 15 is 0 Å². The van der Waals surface area contributed by atoms with Gasteiger partial charge >= 0.3 is 0 Å². The number of rotatable bonds is 9. The van der Waals surface area contributed by atoms with Crippen LogP contribution in [0.2, 0.25) is 0 Å². The quantitative estimate of drug-likeness (QED) is 0.366. The summed E-state index contributed by atoms with van der Waals surface area (Å²) in [6.07, 6.45) is 1.74. The molecule has 0 radical (unpaired) electrons. The highest BCUT2D eigenvalue weighted by Gasteiger charge is 2.47. The monoisotopic (exact) mass is 475 g/mol. The number of nitrogens with one attached hydrogen (secondary N) is 1. The lowest BCUT2D eigenvalue weighted by Crippen LogP contribution is -2.23. The first-order valence-corrected chi connectivity index (χ1v) is 12.4. The smallest absolute Gasteiger partial charge is 0.261 e. The molecule has 0 aliphatic heterocycles. The van der Waals surface area contributed by atoms with Crippen molar-refractivity contribution in [1.29, 1.82) is 0 Å². The molecule has 1 fully saturated rings. The molecule has 6 nitrogen and oxygen atoms in total. The summed E-state index contributed by atoms with van der Waals surface area (Å²) < 4.78 is 33.6. The van der Waals surface area contributed by atoms with Gasteiger partial charge in [0.15, 0.2) is 11.6 Å². The number of sulfonamides is 1. The number of hydrogen-bond donors (Lipinski definition) is 1. The van der Waals surface area contributed by atoms with E-state index in [1.165, 1.54) is 18.2 Å². The van der Waals surface area contributed by atoms with Crippen molar-refractivity contribution in [2.24, 2.45) is 11.8 Å². The Balaban J connectivity index is 1.55. The fraction of sp³-hybridized carbons (Fsp3) is 0.185. The van der Waals surface area contributed by atoms with Gasteiger partial charge in [0.25, 0.3) is 10.0 Å². The molecule has 2 atom stereocenters. The van der Waals surface area contributed by atoms with Crippen LogP contribution in [-0.4, -0.2) is 27.1 Å². The third-order valence-electron chi connectivity index (χ3n) is 5.81. The molecule has 0 saturated heterocycles. The van der Waals surface area contributed by atoms with E-state index in [-0.39, 0.29) is 22.2 Å². The molecule has 0 aromatic heterocycles. The van der Waals surface area contributed by atoms with Crippen molar-refractivity contribution in [2.45, 2.75) is 18.2 Å². The van der Waals surface area contributed by atoms with Crippen LogP contribution in [0.15, 0.2) is 89.8 Å². The molecule has 1 aliphatic carbocycles. The molecule has 0 heterocycles. The Morgan fingerprint density at radius 2 is 1.53 bits per heavy atom. The lowest BCUT2D eigenvalue weighted by molar-refractivity contribution is -0.115. The summed E-state index contributed by atoms with van der Waals surface area (Å²) in [5.41, 5.74) is 2.20. The van der Waals surface area contributed by atoms with Crippen molar-refractivity contribution >= 4 is 27.3 Å². The molecule has 34 heavy (non-hydrogen) atoms. The summed E-state index contributed by atoms with van der Waals surface area (Å²) >= 11 is 0. The molecule has 3 aromatic rings. The molecule has 0 spiro atoms. The number of ether oxygens (including phenoxy) is 1. The highest BCUT2D eigenvalue weighted by molar-refractivity contribution is 7.89. The van der Waals surface area contributed by atoms with E-state index in [0.717, 1.165) is 5.56 Å². The van der Waals surface area contributed by atoms with Gasteiger partial charge in [-0.1, -0.05) is 48.0 Å². The second kappa shape index (κ2) is 9.65. The number of hydrogen-bond acceptors (Lipinski definition) is 5. The number of Topliss-reactive ketones (excluding diaryl/α,β-unsaturated/α-hetero) is 1. The minimum atomic E-state index is -3.90. The lowest BCUT2D eigenvalue weighted by Gasteiger charge is -2.12. The Kier molecular flexibility index (Phi) is 6.65. The topological polar surface area (TPSA) is 89.5 Å². The second-order valence-corrected chi connectivity index (χ2v) is 9.97. The van der Waals surface area contributed by atoms with E-state index in [2.05, 4.69) is 4.72 Å². The third-order valence-corrected chi connectivity index (χ3v) is 7.20. The molecule has 1 saturated carbocycles. The lowest BCUT2D eigenvalue weighted by atomic mass is 10.0. The molecule has 0 bridgehead atoms. The predicted octanol–water partition coefficient (Wildman–Crippen LogP) is 4.41. The Morgan fingerprint density at radius 1 is 0.882 bits per heavy atom. The normalized spacial score (nSPS) is 17.6.